The third-order valence-corrected chi connectivity index (χ3v) is 5.73. The van der Waals surface area contributed by atoms with Crippen molar-refractivity contribution in [1.82, 2.24) is 9.47 Å². The molecule has 2 heterocycles. The van der Waals surface area contributed by atoms with Gasteiger partial charge in [0.1, 0.15) is 11.5 Å². The summed E-state index contributed by atoms with van der Waals surface area (Å²) in [4.78, 5) is 39.9. The van der Waals surface area contributed by atoms with Crippen LogP contribution in [0.5, 0.6) is 0 Å². The predicted molar refractivity (Wildman–Crippen MR) is 112 cm³/mol. The van der Waals surface area contributed by atoms with Crippen LogP contribution in [0.1, 0.15) is 55.3 Å². The number of aromatic nitrogens is 1. The Morgan fingerprint density at radius 2 is 2.03 bits per heavy atom. The normalized spacial score (nSPS) is 15.7. The first-order valence-electron chi connectivity index (χ1n) is 10.2. The van der Waals surface area contributed by atoms with Crippen LogP contribution in [-0.2, 0) is 16.5 Å². The molecule has 3 rings (SSSR count). The first-order chi connectivity index (χ1) is 14.7. The van der Waals surface area contributed by atoms with Crippen LogP contribution in [0.4, 0.5) is 4.39 Å². The monoisotopic (exact) mass is 430 g/mol. The number of ether oxygens (including phenoxy) is 2. The minimum Gasteiger partial charge on any atom is -0.464 e. The van der Waals surface area contributed by atoms with Crippen molar-refractivity contribution in [3.63, 3.8) is 0 Å². The van der Waals surface area contributed by atoms with Crippen molar-refractivity contribution in [2.45, 2.75) is 32.8 Å². The molecule has 1 saturated heterocycles. The number of esters is 1. The second kappa shape index (κ2) is 9.43. The summed E-state index contributed by atoms with van der Waals surface area (Å²) in [5.41, 5.74) is 1.96. The van der Waals surface area contributed by atoms with E-state index >= 15 is 0 Å². The molecule has 0 radical (unpaired) electrons. The van der Waals surface area contributed by atoms with Crippen molar-refractivity contribution in [2.24, 2.45) is 7.05 Å². The van der Waals surface area contributed by atoms with Gasteiger partial charge in [0.05, 0.1) is 19.8 Å². The van der Waals surface area contributed by atoms with Crippen molar-refractivity contribution >= 4 is 17.7 Å². The van der Waals surface area contributed by atoms with Gasteiger partial charge in [-0.1, -0.05) is 6.07 Å². The first-order valence-corrected chi connectivity index (χ1v) is 10.2. The number of methoxy groups -OCH3 is 1. The van der Waals surface area contributed by atoms with Gasteiger partial charge in [-0.3, -0.25) is 9.59 Å². The highest BCUT2D eigenvalue weighted by Crippen LogP contribution is 2.24. The van der Waals surface area contributed by atoms with E-state index in [1.165, 1.54) is 30.2 Å². The maximum Gasteiger partial charge on any atom is 0.354 e. The van der Waals surface area contributed by atoms with Crippen molar-refractivity contribution in [2.75, 3.05) is 26.8 Å². The zero-order valence-corrected chi connectivity index (χ0v) is 18.2. The van der Waals surface area contributed by atoms with Gasteiger partial charge in [0.25, 0.3) is 5.91 Å². The molecule has 0 unspecified atom stereocenters. The van der Waals surface area contributed by atoms with Crippen LogP contribution < -0.4 is 0 Å². The Labute approximate surface area is 180 Å². The molecule has 1 aromatic heterocycles. The number of nitrogens with zero attached hydrogens (tertiary/aromatic N) is 2. The van der Waals surface area contributed by atoms with E-state index in [1.807, 2.05) is 0 Å². The molecule has 1 aromatic carbocycles. The molecule has 1 amide bonds. The molecule has 8 heteroatoms. The number of Topliss-reactive ketones (excluding diaryl/α,β-unsaturated/α-hetero) is 1. The molecule has 1 fully saturated rings. The maximum atomic E-state index is 13.7. The van der Waals surface area contributed by atoms with Gasteiger partial charge in [-0.05, 0) is 50.5 Å². The number of benzene rings is 1. The van der Waals surface area contributed by atoms with Crippen molar-refractivity contribution in [3.8, 4) is 0 Å². The summed E-state index contributed by atoms with van der Waals surface area (Å²) in [5.74, 6) is -1.80. The molecule has 0 aliphatic carbocycles. The van der Waals surface area contributed by atoms with E-state index in [0.29, 0.717) is 29.1 Å². The summed E-state index contributed by atoms with van der Waals surface area (Å²) in [6.07, 6.45) is 1.51. The molecule has 1 aliphatic heterocycles. The fourth-order valence-electron chi connectivity index (χ4n) is 4.08. The Hall–Kier alpha value is -3.00. The van der Waals surface area contributed by atoms with Gasteiger partial charge in [-0.15, -0.1) is 0 Å². The summed E-state index contributed by atoms with van der Waals surface area (Å²) in [7, 11) is 2.97. The average molecular weight is 430 g/mol. The largest absolute Gasteiger partial charge is 0.464 e. The maximum absolute atomic E-state index is 13.7. The van der Waals surface area contributed by atoms with Crippen LogP contribution in [0.3, 0.4) is 0 Å². The average Bonchev–Trinajstić information content (AvgIpc) is 3.32. The van der Waals surface area contributed by atoms with Gasteiger partial charge in [-0.25, -0.2) is 9.18 Å². The summed E-state index contributed by atoms with van der Waals surface area (Å²) in [5, 5.41) is 0. The third kappa shape index (κ3) is 4.69. The molecule has 0 spiro atoms. The summed E-state index contributed by atoms with van der Waals surface area (Å²) in [6.45, 7) is 4.06. The van der Waals surface area contributed by atoms with E-state index in [0.717, 1.165) is 18.9 Å². The predicted octanol–water partition coefficient (Wildman–Crippen LogP) is 3.07. The molecular weight excluding hydrogens is 403 g/mol. The molecular formula is C23H27FN2O5. The van der Waals surface area contributed by atoms with E-state index in [4.69, 9.17) is 9.47 Å². The van der Waals surface area contributed by atoms with Gasteiger partial charge in [0, 0.05) is 37.0 Å². The van der Waals surface area contributed by atoms with E-state index in [1.54, 1.807) is 25.5 Å². The fourth-order valence-corrected chi connectivity index (χ4v) is 4.08. The van der Waals surface area contributed by atoms with Crippen LogP contribution in [0.15, 0.2) is 24.3 Å². The summed E-state index contributed by atoms with van der Waals surface area (Å²) < 4.78 is 25.8. The van der Waals surface area contributed by atoms with Crippen LogP contribution in [0.25, 0.3) is 0 Å². The standard InChI is InChI=1S/C23H27FN2O5/c1-14-20(15(2)25(3)21(14)23(29)30-4)19(27)13-26(12-18-9-6-10-31-18)22(28)16-7-5-8-17(24)11-16/h5,7-8,11,18H,6,9-10,12-13H2,1-4H3/t18-/m1/s1. The fraction of sp³-hybridized carbons (Fsp3) is 0.435. The Bertz CT molecular complexity index is 1010. The highest BCUT2D eigenvalue weighted by Gasteiger charge is 2.30. The summed E-state index contributed by atoms with van der Waals surface area (Å²) >= 11 is 0. The highest BCUT2D eigenvalue weighted by atomic mass is 19.1. The molecule has 31 heavy (non-hydrogen) atoms. The van der Waals surface area contributed by atoms with Gasteiger partial charge in [0.2, 0.25) is 0 Å². The smallest absolute Gasteiger partial charge is 0.354 e. The number of ketones is 1. The quantitative estimate of drug-likeness (QED) is 0.498. The van der Waals surface area contributed by atoms with E-state index in [9.17, 15) is 18.8 Å². The Morgan fingerprint density at radius 3 is 2.65 bits per heavy atom. The SMILES string of the molecule is COC(=O)c1c(C)c(C(=O)CN(C[C@H]2CCCO2)C(=O)c2cccc(F)c2)c(C)n1C. The van der Waals surface area contributed by atoms with Gasteiger partial charge in [-0.2, -0.15) is 0 Å². The van der Waals surface area contributed by atoms with Gasteiger partial charge < -0.3 is 18.9 Å². The second-order valence-electron chi connectivity index (χ2n) is 7.74. The molecule has 0 bridgehead atoms. The molecule has 0 saturated carbocycles. The zero-order valence-electron chi connectivity index (χ0n) is 18.2. The van der Waals surface area contributed by atoms with Gasteiger partial charge >= 0.3 is 5.97 Å². The Kier molecular flexibility index (Phi) is 6.90. The highest BCUT2D eigenvalue weighted by molar-refractivity contribution is 6.06. The Morgan fingerprint density at radius 1 is 1.29 bits per heavy atom. The van der Waals surface area contributed by atoms with Crippen LogP contribution >= 0.6 is 0 Å². The van der Waals surface area contributed by atoms with Gasteiger partial charge in [0.15, 0.2) is 5.78 Å². The number of halogens is 1. The van der Waals surface area contributed by atoms with Crippen molar-refractivity contribution in [3.05, 3.63) is 58.2 Å². The van der Waals surface area contributed by atoms with E-state index < -0.39 is 17.7 Å². The topological polar surface area (TPSA) is 77.8 Å². The zero-order chi connectivity index (χ0) is 22.7. The minimum atomic E-state index is -0.533. The lowest BCUT2D eigenvalue weighted by Crippen LogP contribution is -2.41. The number of hydrogen-bond acceptors (Lipinski definition) is 5. The van der Waals surface area contributed by atoms with Crippen molar-refractivity contribution < 1.29 is 28.2 Å². The molecule has 1 aliphatic rings. The molecule has 7 nitrogen and oxygen atoms in total. The molecule has 166 valence electrons. The lowest BCUT2D eigenvalue weighted by Gasteiger charge is -2.25. The third-order valence-electron chi connectivity index (χ3n) is 5.73. The van der Waals surface area contributed by atoms with Crippen LogP contribution in [0.2, 0.25) is 0 Å². The lowest BCUT2D eigenvalue weighted by atomic mass is 10.0. The van der Waals surface area contributed by atoms with E-state index in [-0.39, 0.29) is 30.5 Å². The number of hydrogen-bond donors (Lipinski definition) is 0. The van der Waals surface area contributed by atoms with Crippen LogP contribution in [-0.4, -0.2) is 60.0 Å². The molecule has 0 N–H and O–H groups in total. The van der Waals surface area contributed by atoms with E-state index in [2.05, 4.69) is 0 Å². The number of carbonyl (C=O) groups is 3. The van der Waals surface area contributed by atoms with Crippen molar-refractivity contribution in [1.29, 1.82) is 0 Å². The number of carbonyl (C=O) groups excluding carboxylic acids is 3. The Balaban J connectivity index is 1.91. The molecule has 1 atom stereocenters. The van der Waals surface area contributed by atoms with Crippen LogP contribution in [0, 0.1) is 19.7 Å². The second-order valence-corrected chi connectivity index (χ2v) is 7.74. The lowest BCUT2D eigenvalue weighted by molar-refractivity contribution is 0.0506. The first kappa shape index (κ1) is 22.7. The number of rotatable bonds is 7. The minimum absolute atomic E-state index is 0.169. The number of amides is 1. The summed E-state index contributed by atoms with van der Waals surface area (Å²) in [6, 6.07) is 5.40. The molecule has 2 aromatic rings.